The summed E-state index contributed by atoms with van der Waals surface area (Å²) in [5, 5.41) is 4.91. The summed E-state index contributed by atoms with van der Waals surface area (Å²) in [6.45, 7) is 0. The fraction of sp³-hybridized carbons (Fsp3) is 0.0175. The molecule has 0 fully saturated rings. The highest BCUT2D eigenvalue weighted by Gasteiger charge is 2.53. The predicted octanol–water partition coefficient (Wildman–Crippen LogP) is 15.3. The number of nitrogens with zero attached hydrogens (tertiary/aromatic N) is 2. The van der Waals surface area contributed by atoms with E-state index in [4.69, 9.17) is 0 Å². The second-order valence-corrected chi connectivity index (χ2v) is 15.6. The number of hydrogen-bond donors (Lipinski definition) is 0. The van der Waals surface area contributed by atoms with Gasteiger partial charge in [0.2, 0.25) is 0 Å². The second kappa shape index (κ2) is 13.2. The highest BCUT2D eigenvalue weighted by Crippen LogP contribution is 2.65. The predicted molar refractivity (Wildman–Crippen MR) is 247 cm³/mol. The molecule has 0 radical (unpaired) electrons. The summed E-state index contributed by atoms with van der Waals surface area (Å²) in [5.41, 5.74) is 16.7. The Bertz CT molecular complexity index is 3180. The van der Waals surface area contributed by atoms with Gasteiger partial charge in [-0.15, -0.1) is 0 Å². The van der Waals surface area contributed by atoms with Crippen LogP contribution in [0.2, 0.25) is 0 Å². The molecular weight excluding hydrogens is 713 g/mol. The number of para-hydroxylation sites is 3. The molecule has 0 aliphatic heterocycles. The molecule has 0 saturated heterocycles. The largest absolute Gasteiger partial charge is 0.310 e. The third kappa shape index (κ3) is 4.87. The Labute approximate surface area is 344 Å². The van der Waals surface area contributed by atoms with E-state index in [2.05, 4.69) is 240 Å². The van der Waals surface area contributed by atoms with Gasteiger partial charge in [0.05, 0.1) is 16.8 Å². The van der Waals surface area contributed by atoms with Crippen molar-refractivity contribution in [2.45, 2.75) is 5.41 Å². The number of hydrogen-bond acceptors (Lipinski definition) is 2. The first-order valence-electron chi connectivity index (χ1n) is 20.4. The fourth-order valence-corrected chi connectivity index (χ4v) is 10.3. The normalized spacial score (nSPS) is 14.5. The molecule has 10 aromatic carbocycles. The average Bonchev–Trinajstić information content (AvgIpc) is 3.77. The third-order valence-corrected chi connectivity index (χ3v) is 12.6. The maximum absolute atomic E-state index is 2.49. The minimum Gasteiger partial charge on any atom is -0.310 e. The van der Waals surface area contributed by atoms with Gasteiger partial charge in [0.1, 0.15) is 0 Å². The quantitative estimate of drug-likeness (QED) is 0.167. The standard InChI is InChI=1S/C57H38N2/c1-4-21-40(22-5-1)58(41-23-6-2-7-24-41)43-35-36-47-45-28-14-16-32-51(45)57(53(47)37-43)52-33-17-15-29-46(52)50-38-55(48-30-12-13-31-49(48)56(50)57)59(42-25-8-3-9-26-42)54-34-18-20-39-19-10-11-27-44(39)54/h1-38H. The van der Waals surface area contributed by atoms with Crippen LogP contribution in [0, 0.1) is 0 Å². The van der Waals surface area contributed by atoms with Gasteiger partial charge in [-0.3, -0.25) is 0 Å². The molecule has 0 saturated carbocycles. The van der Waals surface area contributed by atoms with Gasteiger partial charge in [0.25, 0.3) is 0 Å². The molecule has 1 atom stereocenters. The second-order valence-electron chi connectivity index (χ2n) is 15.6. The van der Waals surface area contributed by atoms with E-state index < -0.39 is 5.41 Å². The summed E-state index contributed by atoms with van der Waals surface area (Å²) >= 11 is 0. The molecular formula is C57H38N2. The fourth-order valence-electron chi connectivity index (χ4n) is 10.3. The lowest BCUT2D eigenvalue weighted by molar-refractivity contribution is 0.801. The number of anilines is 6. The molecule has 2 aliphatic carbocycles. The highest BCUT2D eigenvalue weighted by atomic mass is 15.1. The molecule has 59 heavy (non-hydrogen) atoms. The van der Waals surface area contributed by atoms with E-state index in [1.54, 1.807) is 0 Å². The minimum atomic E-state index is -0.554. The Morgan fingerprint density at radius 1 is 0.271 bits per heavy atom. The van der Waals surface area contributed by atoms with Crippen LogP contribution in [0.4, 0.5) is 34.1 Å². The van der Waals surface area contributed by atoms with Crippen LogP contribution >= 0.6 is 0 Å². The van der Waals surface area contributed by atoms with E-state index in [-0.39, 0.29) is 0 Å². The maximum Gasteiger partial charge on any atom is 0.0732 e. The Kier molecular flexibility index (Phi) is 7.48. The van der Waals surface area contributed by atoms with E-state index in [1.807, 2.05) is 0 Å². The van der Waals surface area contributed by atoms with Gasteiger partial charge in [-0.25, -0.2) is 0 Å². The topological polar surface area (TPSA) is 6.48 Å². The molecule has 0 aromatic heterocycles. The van der Waals surface area contributed by atoms with Crippen molar-refractivity contribution in [2.24, 2.45) is 0 Å². The summed E-state index contributed by atoms with van der Waals surface area (Å²) in [6, 6.07) is 84.8. The third-order valence-electron chi connectivity index (χ3n) is 12.6. The average molecular weight is 751 g/mol. The molecule has 10 aromatic rings. The van der Waals surface area contributed by atoms with E-state index >= 15 is 0 Å². The lowest BCUT2D eigenvalue weighted by Crippen LogP contribution is -2.26. The van der Waals surface area contributed by atoms with E-state index in [1.165, 1.54) is 66.1 Å². The summed E-state index contributed by atoms with van der Waals surface area (Å²) < 4.78 is 0. The molecule has 1 unspecified atom stereocenters. The Morgan fingerprint density at radius 2 is 0.763 bits per heavy atom. The molecule has 276 valence electrons. The van der Waals surface area contributed by atoms with Gasteiger partial charge in [-0.2, -0.15) is 0 Å². The van der Waals surface area contributed by atoms with Crippen LogP contribution < -0.4 is 9.80 Å². The SMILES string of the molecule is c1ccc(N(c2ccccc2)c2ccc3c(c2)C2(c4ccccc4-3)c3ccccc3-c3cc(N(c4ccccc4)c4cccc5ccccc45)c4ccccc4c32)cc1. The Balaban J connectivity index is 1.18. The number of benzene rings is 10. The van der Waals surface area contributed by atoms with Gasteiger partial charge in [0, 0.05) is 33.5 Å². The highest BCUT2D eigenvalue weighted by molar-refractivity contribution is 6.12. The zero-order valence-corrected chi connectivity index (χ0v) is 32.3. The van der Waals surface area contributed by atoms with Gasteiger partial charge >= 0.3 is 0 Å². The van der Waals surface area contributed by atoms with Crippen molar-refractivity contribution < 1.29 is 0 Å². The van der Waals surface area contributed by atoms with Crippen molar-refractivity contribution in [3.8, 4) is 22.3 Å². The number of rotatable bonds is 6. The minimum absolute atomic E-state index is 0.554. The van der Waals surface area contributed by atoms with E-state index in [0.29, 0.717) is 0 Å². The molecule has 0 bridgehead atoms. The van der Waals surface area contributed by atoms with Crippen LogP contribution in [-0.4, -0.2) is 0 Å². The monoisotopic (exact) mass is 750 g/mol. The molecule has 0 N–H and O–H groups in total. The molecule has 2 nitrogen and oxygen atoms in total. The summed E-state index contributed by atoms with van der Waals surface area (Å²) in [5.74, 6) is 0. The van der Waals surface area contributed by atoms with E-state index in [9.17, 15) is 0 Å². The van der Waals surface area contributed by atoms with Gasteiger partial charge in [-0.1, -0.05) is 170 Å². The maximum atomic E-state index is 2.49. The van der Waals surface area contributed by atoms with Gasteiger partial charge in [-0.05, 0) is 116 Å². The molecule has 12 rings (SSSR count). The summed E-state index contributed by atoms with van der Waals surface area (Å²) in [7, 11) is 0. The Morgan fingerprint density at radius 3 is 1.42 bits per heavy atom. The zero-order chi connectivity index (χ0) is 38.9. The summed E-state index contributed by atoms with van der Waals surface area (Å²) in [4.78, 5) is 4.87. The molecule has 1 spiro atoms. The van der Waals surface area contributed by atoms with Crippen LogP contribution in [-0.2, 0) is 5.41 Å². The lowest BCUT2D eigenvalue weighted by atomic mass is 9.69. The van der Waals surface area contributed by atoms with Gasteiger partial charge < -0.3 is 9.80 Å². The Hall–Kier alpha value is -7.68. The number of fused-ring (bicyclic) bond motifs is 13. The summed E-state index contributed by atoms with van der Waals surface area (Å²) in [6.07, 6.45) is 0. The smallest absolute Gasteiger partial charge is 0.0732 e. The van der Waals surface area contributed by atoms with Crippen molar-refractivity contribution in [2.75, 3.05) is 9.80 Å². The first kappa shape index (κ1) is 33.5. The molecule has 2 heteroatoms. The van der Waals surface area contributed by atoms with Crippen molar-refractivity contribution in [3.05, 3.63) is 253 Å². The first-order chi connectivity index (χ1) is 29.3. The van der Waals surface area contributed by atoms with Crippen molar-refractivity contribution in [1.29, 1.82) is 0 Å². The zero-order valence-electron chi connectivity index (χ0n) is 32.3. The van der Waals surface area contributed by atoms with Crippen LogP contribution in [0.15, 0.2) is 231 Å². The first-order valence-corrected chi connectivity index (χ1v) is 20.4. The van der Waals surface area contributed by atoms with Crippen LogP contribution in [0.3, 0.4) is 0 Å². The van der Waals surface area contributed by atoms with Crippen LogP contribution in [0.1, 0.15) is 22.3 Å². The van der Waals surface area contributed by atoms with Crippen molar-refractivity contribution in [1.82, 2.24) is 0 Å². The van der Waals surface area contributed by atoms with Crippen molar-refractivity contribution >= 4 is 55.7 Å². The molecule has 0 amide bonds. The van der Waals surface area contributed by atoms with Crippen LogP contribution in [0.25, 0.3) is 43.8 Å². The van der Waals surface area contributed by atoms with Gasteiger partial charge in [0.15, 0.2) is 0 Å². The van der Waals surface area contributed by atoms with Crippen LogP contribution in [0.5, 0.6) is 0 Å². The molecule has 2 aliphatic rings. The van der Waals surface area contributed by atoms with E-state index in [0.717, 1.165) is 34.1 Å². The van der Waals surface area contributed by atoms with Crippen molar-refractivity contribution in [3.63, 3.8) is 0 Å². The lowest BCUT2D eigenvalue weighted by Gasteiger charge is -2.34. The molecule has 0 heterocycles.